The third kappa shape index (κ3) is 6.62. The van der Waals surface area contributed by atoms with Crippen LogP contribution in [0.15, 0.2) is 261 Å². The second kappa shape index (κ2) is 16.5. The van der Waals surface area contributed by atoms with Crippen LogP contribution in [0.1, 0.15) is 0 Å². The SMILES string of the molecule is C[Si]1(C)c2cc(-c3cc4ccccc4c4ccccc34)ccc2-c2ccc(-n3c4ccc(-c5ccc(-c6cccc7ccccc67)cc5)cc4c4cc(-c5ccc(-c6cccc7ccccc67)cc5)ccc43)cc21. The van der Waals surface area contributed by atoms with Crippen LogP contribution in [0.3, 0.4) is 0 Å². The molecule has 0 N–H and O–H groups in total. The van der Waals surface area contributed by atoms with E-state index in [1.165, 1.54) is 148 Å². The fraction of sp³-hybridized carbons (Fsp3) is 0.0278. The number of nitrogens with zero attached hydrogens (tertiary/aromatic N) is 1. The number of benzene rings is 13. The van der Waals surface area contributed by atoms with Crippen molar-refractivity contribution in [2.75, 3.05) is 0 Å². The summed E-state index contributed by atoms with van der Waals surface area (Å²) in [5, 5.41) is 15.8. The summed E-state index contributed by atoms with van der Waals surface area (Å²) >= 11 is 0. The number of hydrogen-bond donors (Lipinski definition) is 0. The zero-order valence-electron chi connectivity index (χ0n) is 41.3. The summed E-state index contributed by atoms with van der Waals surface area (Å²) < 4.78 is 2.52. The van der Waals surface area contributed by atoms with E-state index < -0.39 is 8.07 Å². The molecule has 0 aliphatic carbocycles. The third-order valence-electron chi connectivity index (χ3n) is 16.4. The topological polar surface area (TPSA) is 4.93 Å². The monoisotopic (exact) mass is 955 g/mol. The molecule has 1 aliphatic heterocycles. The van der Waals surface area contributed by atoms with Gasteiger partial charge in [-0.2, -0.15) is 0 Å². The average Bonchev–Trinajstić information content (AvgIpc) is 3.94. The lowest BCUT2D eigenvalue weighted by Gasteiger charge is -2.21. The maximum atomic E-state index is 2.55. The van der Waals surface area contributed by atoms with Crippen molar-refractivity contribution in [3.63, 3.8) is 0 Å². The molecule has 1 nitrogen and oxygen atoms in total. The van der Waals surface area contributed by atoms with Crippen molar-refractivity contribution in [3.8, 4) is 72.4 Å². The van der Waals surface area contributed by atoms with Crippen LogP contribution in [-0.4, -0.2) is 12.6 Å². The zero-order chi connectivity index (χ0) is 49.1. The van der Waals surface area contributed by atoms with Gasteiger partial charge in [0.15, 0.2) is 0 Å². The van der Waals surface area contributed by atoms with Crippen molar-refractivity contribution in [2.24, 2.45) is 0 Å². The Morgan fingerprint density at radius 2 is 0.676 bits per heavy atom. The largest absolute Gasteiger partial charge is 0.309 e. The van der Waals surface area contributed by atoms with Crippen LogP contribution in [0.4, 0.5) is 0 Å². The summed E-state index contributed by atoms with van der Waals surface area (Å²) in [5.74, 6) is 0. The second-order valence-corrected chi connectivity index (χ2v) is 25.1. The molecule has 15 rings (SSSR count). The molecule has 0 spiro atoms. The molecule has 0 saturated carbocycles. The van der Waals surface area contributed by atoms with Crippen molar-refractivity contribution >= 4 is 83.3 Å². The number of fused-ring (bicyclic) bond motifs is 11. The normalized spacial score (nSPS) is 12.8. The Labute approximate surface area is 431 Å². The number of aromatic nitrogens is 1. The van der Waals surface area contributed by atoms with E-state index in [9.17, 15) is 0 Å². The Hall–Kier alpha value is -9.08. The summed E-state index contributed by atoms with van der Waals surface area (Å²) in [6.07, 6.45) is 0. The van der Waals surface area contributed by atoms with Crippen LogP contribution < -0.4 is 10.4 Å². The van der Waals surface area contributed by atoms with Gasteiger partial charge in [0, 0.05) is 16.5 Å². The van der Waals surface area contributed by atoms with Crippen LogP contribution in [-0.2, 0) is 0 Å². The van der Waals surface area contributed by atoms with E-state index in [0.29, 0.717) is 0 Å². The van der Waals surface area contributed by atoms with Gasteiger partial charge in [-0.05, 0) is 163 Å². The van der Waals surface area contributed by atoms with Crippen LogP contribution in [0, 0.1) is 0 Å². The molecule has 0 fully saturated rings. The lowest BCUT2D eigenvalue weighted by molar-refractivity contribution is 1.18. The molecular weight excluding hydrogens is 907 g/mol. The molecular formula is C72H49NSi. The van der Waals surface area contributed by atoms with E-state index in [1.54, 1.807) is 0 Å². The van der Waals surface area contributed by atoms with E-state index in [4.69, 9.17) is 0 Å². The molecule has 346 valence electrons. The van der Waals surface area contributed by atoms with Gasteiger partial charge in [-0.25, -0.2) is 0 Å². The van der Waals surface area contributed by atoms with E-state index >= 15 is 0 Å². The maximum absolute atomic E-state index is 2.55. The molecule has 0 saturated heterocycles. The number of rotatable bonds is 6. The van der Waals surface area contributed by atoms with Gasteiger partial charge in [0.1, 0.15) is 8.07 Å². The Morgan fingerprint density at radius 1 is 0.243 bits per heavy atom. The third-order valence-corrected chi connectivity index (χ3v) is 19.9. The van der Waals surface area contributed by atoms with E-state index in [1.807, 2.05) is 0 Å². The molecule has 2 heteroatoms. The molecule has 0 unspecified atom stereocenters. The van der Waals surface area contributed by atoms with Gasteiger partial charge in [0.2, 0.25) is 0 Å². The fourth-order valence-electron chi connectivity index (χ4n) is 12.6. The summed E-state index contributed by atoms with van der Waals surface area (Å²) in [5.41, 5.74) is 18.8. The highest BCUT2D eigenvalue weighted by atomic mass is 28.3. The summed E-state index contributed by atoms with van der Waals surface area (Å²) in [4.78, 5) is 0. The Morgan fingerprint density at radius 3 is 1.26 bits per heavy atom. The van der Waals surface area contributed by atoms with Crippen molar-refractivity contribution < 1.29 is 0 Å². The lowest BCUT2D eigenvalue weighted by Crippen LogP contribution is -2.49. The summed E-state index contributed by atoms with van der Waals surface area (Å²) in [6, 6.07) is 97.7. The van der Waals surface area contributed by atoms with Crippen molar-refractivity contribution in [1.82, 2.24) is 4.57 Å². The highest BCUT2D eigenvalue weighted by Crippen LogP contribution is 2.42. The highest BCUT2D eigenvalue weighted by molar-refractivity contribution is 7.04. The molecule has 1 aromatic heterocycles. The van der Waals surface area contributed by atoms with Crippen molar-refractivity contribution in [3.05, 3.63) is 261 Å². The molecule has 13 aromatic carbocycles. The maximum Gasteiger partial charge on any atom is 0.113 e. The van der Waals surface area contributed by atoms with E-state index in [0.717, 1.165) is 0 Å². The van der Waals surface area contributed by atoms with Gasteiger partial charge in [0.25, 0.3) is 0 Å². The van der Waals surface area contributed by atoms with Crippen LogP contribution in [0.5, 0.6) is 0 Å². The Bertz CT molecular complexity index is 4420. The molecule has 1 aliphatic rings. The smallest absolute Gasteiger partial charge is 0.113 e. The van der Waals surface area contributed by atoms with E-state index in [2.05, 4.69) is 279 Å². The van der Waals surface area contributed by atoms with Gasteiger partial charge in [-0.15, -0.1) is 0 Å². The first kappa shape index (κ1) is 42.6. The lowest BCUT2D eigenvalue weighted by atomic mass is 9.92. The standard InChI is InChI=1S/C72H49NSi/c1-74(2)71-44-55(66-43-54-15-5-8-20-61(54)62-21-9-10-22-63(62)66)33-37-64(71)65-38-36-56(45-72(65)74)73-69-39-34-52(46-25-29-50(30-26-46)59-23-11-16-48-13-3-6-18-57(48)59)41-67(69)68-42-53(35-40-70(68)73)47-27-31-51(32-28-47)60-24-12-17-49-14-4-7-19-58(49)60/h3-45H,1-2H3. The van der Waals surface area contributed by atoms with Crippen LogP contribution in [0.25, 0.3) is 137 Å². The minimum atomic E-state index is -2.15. The molecule has 0 atom stereocenters. The molecule has 2 heterocycles. The van der Waals surface area contributed by atoms with Crippen molar-refractivity contribution in [2.45, 2.75) is 13.1 Å². The Balaban J connectivity index is 0.851. The summed E-state index contributed by atoms with van der Waals surface area (Å²) in [7, 11) is -2.15. The molecule has 74 heavy (non-hydrogen) atoms. The second-order valence-electron chi connectivity index (χ2n) is 20.8. The highest BCUT2D eigenvalue weighted by Gasteiger charge is 2.38. The predicted molar refractivity (Wildman–Crippen MR) is 320 cm³/mol. The molecule has 0 amide bonds. The number of hydrogen-bond acceptors (Lipinski definition) is 0. The minimum Gasteiger partial charge on any atom is -0.309 e. The summed E-state index contributed by atoms with van der Waals surface area (Å²) in [6.45, 7) is 5.09. The van der Waals surface area contributed by atoms with Gasteiger partial charge in [-0.3, -0.25) is 0 Å². The Kier molecular flexibility index (Phi) is 9.48. The predicted octanol–water partition coefficient (Wildman–Crippen LogP) is 18.5. The van der Waals surface area contributed by atoms with Crippen molar-refractivity contribution in [1.29, 1.82) is 0 Å². The minimum absolute atomic E-state index is 1.20. The average molecular weight is 956 g/mol. The van der Waals surface area contributed by atoms with Gasteiger partial charge >= 0.3 is 0 Å². The molecule has 14 aromatic rings. The zero-order valence-corrected chi connectivity index (χ0v) is 42.3. The first-order valence-electron chi connectivity index (χ1n) is 25.9. The fourth-order valence-corrected chi connectivity index (χ4v) is 15.7. The quantitative estimate of drug-likeness (QED) is 0.116. The van der Waals surface area contributed by atoms with Gasteiger partial charge < -0.3 is 4.57 Å². The first-order chi connectivity index (χ1) is 36.4. The van der Waals surface area contributed by atoms with Crippen LogP contribution >= 0.6 is 0 Å². The van der Waals surface area contributed by atoms with Gasteiger partial charge in [-0.1, -0.05) is 231 Å². The molecule has 0 bridgehead atoms. The van der Waals surface area contributed by atoms with E-state index in [-0.39, 0.29) is 0 Å². The first-order valence-corrected chi connectivity index (χ1v) is 28.9. The molecule has 0 radical (unpaired) electrons. The van der Waals surface area contributed by atoms with Crippen LogP contribution in [0.2, 0.25) is 13.1 Å². The van der Waals surface area contributed by atoms with Gasteiger partial charge in [0.05, 0.1) is 11.0 Å².